The van der Waals surface area contributed by atoms with Crippen molar-refractivity contribution in [3.63, 3.8) is 0 Å². The van der Waals surface area contributed by atoms with E-state index in [1.54, 1.807) is 13.8 Å². The Morgan fingerprint density at radius 1 is 0.806 bits per heavy atom. The minimum atomic E-state index is -1.67. The lowest BCUT2D eigenvalue weighted by Gasteiger charge is -2.26. The Bertz CT molecular complexity index is 696. The quantitative estimate of drug-likeness (QED) is 0.132. The number of carbonyl (C=O) groups excluding carboxylic acids is 3. The summed E-state index contributed by atoms with van der Waals surface area (Å²) in [6.07, 6.45) is -1.63. The SMILES string of the molecule is CC(C)C(NC(=O)C(N)CC(=O)O)C(=O)NC(CCC(=O)O)C(=O)NC(CO)C(=O)O. The van der Waals surface area contributed by atoms with Gasteiger partial charge in [-0.3, -0.25) is 24.0 Å². The predicted molar refractivity (Wildman–Crippen MR) is 102 cm³/mol. The third kappa shape index (κ3) is 10.4. The zero-order valence-corrected chi connectivity index (χ0v) is 17.0. The molecular formula is C17H28N4O10. The van der Waals surface area contributed by atoms with Crippen LogP contribution >= 0.6 is 0 Å². The summed E-state index contributed by atoms with van der Waals surface area (Å²) in [6.45, 7) is 2.16. The van der Waals surface area contributed by atoms with Crippen LogP contribution in [0.15, 0.2) is 0 Å². The Balaban J connectivity index is 5.41. The molecule has 0 rings (SSSR count). The summed E-state index contributed by atoms with van der Waals surface area (Å²) < 4.78 is 0. The molecule has 0 aromatic carbocycles. The van der Waals surface area contributed by atoms with Crippen molar-refractivity contribution < 1.29 is 49.2 Å². The fourth-order valence-electron chi connectivity index (χ4n) is 2.33. The molecule has 0 saturated heterocycles. The average Bonchev–Trinajstić information content (AvgIpc) is 2.65. The number of carboxylic acid groups (broad SMARTS) is 3. The van der Waals surface area contributed by atoms with E-state index in [2.05, 4.69) is 10.6 Å². The van der Waals surface area contributed by atoms with Crippen LogP contribution in [0.2, 0.25) is 0 Å². The highest BCUT2D eigenvalue weighted by Gasteiger charge is 2.32. The number of hydrogen-bond acceptors (Lipinski definition) is 8. The molecule has 0 heterocycles. The summed E-state index contributed by atoms with van der Waals surface area (Å²) in [6, 6.07) is -5.84. The summed E-state index contributed by atoms with van der Waals surface area (Å²) >= 11 is 0. The number of aliphatic hydroxyl groups excluding tert-OH is 1. The topological polar surface area (TPSA) is 245 Å². The van der Waals surface area contributed by atoms with E-state index in [-0.39, 0.29) is 0 Å². The molecule has 0 aromatic rings. The van der Waals surface area contributed by atoms with Crippen LogP contribution in [0.4, 0.5) is 0 Å². The van der Waals surface area contributed by atoms with Crippen LogP contribution < -0.4 is 21.7 Å². The van der Waals surface area contributed by atoms with Gasteiger partial charge in [-0.15, -0.1) is 0 Å². The second-order valence-electron chi connectivity index (χ2n) is 7.01. The first-order chi connectivity index (χ1) is 14.3. The van der Waals surface area contributed by atoms with Gasteiger partial charge >= 0.3 is 17.9 Å². The third-order valence-corrected chi connectivity index (χ3v) is 4.06. The number of carboxylic acids is 3. The van der Waals surface area contributed by atoms with Crippen LogP contribution in [-0.2, 0) is 28.8 Å². The highest BCUT2D eigenvalue weighted by molar-refractivity contribution is 5.95. The summed E-state index contributed by atoms with van der Waals surface area (Å²) in [7, 11) is 0. The van der Waals surface area contributed by atoms with E-state index in [4.69, 9.17) is 26.2 Å². The molecule has 4 unspecified atom stereocenters. The van der Waals surface area contributed by atoms with E-state index in [1.165, 1.54) is 0 Å². The molecule has 3 amide bonds. The van der Waals surface area contributed by atoms with E-state index < -0.39 is 91.6 Å². The monoisotopic (exact) mass is 448 g/mol. The zero-order chi connectivity index (χ0) is 24.3. The minimum absolute atomic E-state index is 0.401. The maximum absolute atomic E-state index is 12.6. The van der Waals surface area contributed by atoms with E-state index in [9.17, 15) is 28.8 Å². The highest BCUT2D eigenvalue weighted by Crippen LogP contribution is 2.06. The third-order valence-electron chi connectivity index (χ3n) is 4.06. The summed E-state index contributed by atoms with van der Waals surface area (Å²) in [4.78, 5) is 69.6. The Morgan fingerprint density at radius 2 is 1.35 bits per heavy atom. The van der Waals surface area contributed by atoms with Gasteiger partial charge < -0.3 is 42.1 Å². The number of rotatable bonds is 14. The number of aliphatic hydroxyl groups is 1. The fraction of sp³-hybridized carbons (Fsp3) is 0.647. The molecule has 0 aromatic heterocycles. The predicted octanol–water partition coefficient (Wildman–Crippen LogP) is -3.16. The van der Waals surface area contributed by atoms with Crippen molar-refractivity contribution in [3.05, 3.63) is 0 Å². The van der Waals surface area contributed by atoms with Crippen LogP contribution in [-0.4, -0.2) is 86.8 Å². The van der Waals surface area contributed by atoms with E-state index in [1.807, 2.05) is 5.32 Å². The van der Waals surface area contributed by atoms with Crippen LogP contribution in [0.5, 0.6) is 0 Å². The standard InChI is InChI=1S/C17H28N4O10/c1-7(2)13(21-14(27)8(18)5-12(25)26)16(29)19-9(3-4-11(23)24)15(28)20-10(6-22)17(30)31/h7-10,13,22H,3-6,18H2,1-2H3,(H,19,29)(H,20,28)(H,21,27)(H,23,24)(H,25,26)(H,30,31). The number of nitrogens with one attached hydrogen (secondary N) is 3. The Labute approximate surface area is 177 Å². The molecule has 9 N–H and O–H groups in total. The van der Waals surface area contributed by atoms with Crippen molar-refractivity contribution in [1.29, 1.82) is 0 Å². The smallest absolute Gasteiger partial charge is 0.328 e. The maximum Gasteiger partial charge on any atom is 0.328 e. The highest BCUT2D eigenvalue weighted by atomic mass is 16.4. The van der Waals surface area contributed by atoms with E-state index >= 15 is 0 Å². The number of nitrogens with two attached hydrogens (primary N) is 1. The van der Waals surface area contributed by atoms with Crippen LogP contribution in [0.3, 0.4) is 0 Å². The first kappa shape index (κ1) is 27.7. The van der Waals surface area contributed by atoms with Gasteiger partial charge in [0.25, 0.3) is 0 Å². The van der Waals surface area contributed by atoms with Gasteiger partial charge in [0.2, 0.25) is 17.7 Å². The van der Waals surface area contributed by atoms with Gasteiger partial charge in [0.05, 0.1) is 19.1 Å². The molecule has 0 aliphatic carbocycles. The van der Waals surface area contributed by atoms with Gasteiger partial charge in [0, 0.05) is 6.42 Å². The Hall–Kier alpha value is -3.26. The Morgan fingerprint density at radius 3 is 1.77 bits per heavy atom. The molecule has 0 bridgehead atoms. The lowest BCUT2D eigenvalue weighted by atomic mass is 10.0. The molecule has 0 radical (unpaired) electrons. The van der Waals surface area contributed by atoms with Crippen LogP contribution in [0.25, 0.3) is 0 Å². The first-order valence-electron chi connectivity index (χ1n) is 9.24. The number of aliphatic carboxylic acids is 3. The molecule has 31 heavy (non-hydrogen) atoms. The van der Waals surface area contributed by atoms with Gasteiger partial charge in [0.1, 0.15) is 18.1 Å². The van der Waals surface area contributed by atoms with Crippen LogP contribution in [0, 0.1) is 5.92 Å². The molecule has 0 aliphatic heterocycles. The molecule has 176 valence electrons. The summed E-state index contributed by atoms with van der Waals surface area (Å²) in [5, 5.41) is 42.0. The van der Waals surface area contributed by atoms with Crippen molar-refractivity contribution in [2.24, 2.45) is 11.7 Å². The van der Waals surface area contributed by atoms with Crippen molar-refractivity contribution in [1.82, 2.24) is 16.0 Å². The molecule has 0 aliphatic rings. The van der Waals surface area contributed by atoms with Gasteiger partial charge in [-0.05, 0) is 12.3 Å². The minimum Gasteiger partial charge on any atom is -0.481 e. The molecule has 14 heteroatoms. The second kappa shape index (κ2) is 13.1. The number of carbonyl (C=O) groups is 6. The van der Waals surface area contributed by atoms with Gasteiger partial charge in [0.15, 0.2) is 0 Å². The lowest BCUT2D eigenvalue weighted by molar-refractivity contribution is -0.144. The zero-order valence-electron chi connectivity index (χ0n) is 17.0. The molecule has 0 fully saturated rings. The van der Waals surface area contributed by atoms with Crippen molar-refractivity contribution in [2.45, 2.75) is 57.3 Å². The number of hydrogen-bond donors (Lipinski definition) is 8. The lowest BCUT2D eigenvalue weighted by Crippen LogP contribution is -2.58. The first-order valence-corrected chi connectivity index (χ1v) is 9.24. The second-order valence-corrected chi connectivity index (χ2v) is 7.01. The fourth-order valence-corrected chi connectivity index (χ4v) is 2.33. The van der Waals surface area contributed by atoms with Gasteiger partial charge in [-0.2, -0.15) is 0 Å². The molecule has 0 spiro atoms. The molecule has 0 saturated carbocycles. The maximum atomic E-state index is 12.6. The van der Waals surface area contributed by atoms with Crippen molar-refractivity contribution in [3.8, 4) is 0 Å². The molecular weight excluding hydrogens is 420 g/mol. The van der Waals surface area contributed by atoms with Gasteiger partial charge in [-0.25, -0.2) is 4.79 Å². The largest absolute Gasteiger partial charge is 0.481 e. The van der Waals surface area contributed by atoms with Crippen molar-refractivity contribution >= 4 is 35.6 Å². The molecule has 4 atom stereocenters. The summed E-state index contributed by atoms with van der Waals surface area (Å²) in [5.74, 6) is -7.55. The molecule has 14 nitrogen and oxygen atoms in total. The van der Waals surface area contributed by atoms with E-state index in [0.29, 0.717) is 0 Å². The Kier molecular flexibility index (Phi) is 11.7. The average molecular weight is 448 g/mol. The van der Waals surface area contributed by atoms with Gasteiger partial charge in [-0.1, -0.05) is 13.8 Å². The number of amides is 3. The normalized spacial score (nSPS) is 14.6. The van der Waals surface area contributed by atoms with Crippen molar-refractivity contribution in [2.75, 3.05) is 6.61 Å². The summed E-state index contributed by atoms with van der Waals surface area (Å²) in [5.41, 5.74) is 5.46. The van der Waals surface area contributed by atoms with Crippen LogP contribution in [0.1, 0.15) is 33.1 Å². The van der Waals surface area contributed by atoms with E-state index in [0.717, 1.165) is 0 Å².